The lowest BCUT2D eigenvalue weighted by Gasteiger charge is -1.90. The van der Waals surface area contributed by atoms with Crippen LogP contribution in [0.25, 0.3) is 0 Å². The van der Waals surface area contributed by atoms with Gasteiger partial charge in [0.15, 0.2) is 0 Å². The smallest absolute Gasteiger partial charge is 0.281 e. The fourth-order valence-electron chi connectivity index (χ4n) is 0.385. The predicted molar refractivity (Wildman–Crippen MR) is 41.7 cm³/mol. The molecular weight excluding hydrogens is 239 g/mol. The second-order valence-corrected chi connectivity index (χ2v) is 2.55. The molecule has 74 valence electrons. The fourth-order valence-corrected chi connectivity index (χ4v) is 0.556. The van der Waals surface area contributed by atoms with Crippen LogP contribution in [-0.2, 0) is 28.8 Å². The average molecular weight is 239 g/mol. The molecule has 0 radical (unpaired) electrons. The van der Waals surface area contributed by atoms with Crippen LogP contribution < -0.4 is 0 Å². The number of Topliss-reactive ketones (excluding diaryl/α,β-unsaturated/α-hetero) is 4. The minimum absolute atomic E-state index is 1.72. The molecule has 6 nitrogen and oxygen atoms in total. The van der Waals surface area contributed by atoms with E-state index < -0.39 is 33.6 Å². The van der Waals surface area contributed by atoms with Gasteiger partial charge in [0.05, 0.1) is 0 Å². The fraction of sp³-hybridized carbons (Fsp3) is 0. The Kier molecular flexibility index (Phi) is 4.26. The first-order valence-electron chi connectivity index (χ1n) is 2.85. The van der Waals surface area contributed by atoms with Gasteiger partial charge in [-0.1, -0.05) is 0 Å². The van der Waals surface area contributed by atoms with Gasteiger partial charge in [0, 0.05) is 0 Å². The minimum Gasteiger partial charge on any atom is -0.281 e. The van der Waals surface area contributed by atoms with Gasteiger partial charge in [-0.05, 0) is 23.2 Å². The predicted octanol–water partition coefficient (Wildman–Crippen LogP) is -1.21. The standard InChI is InChI=1S/C6Cl2O6/c7-5(13)3(11)1(9)2(10)4(12)6(8)14. The van der Waals surface area contributed by atoms with Gasteiger partial charge in [0.25, 0.3) is 33.6 Å². The van der Waals surface area contributed by atoms with E-state index in [0.717, 1.165) is 0 Å². The van der Waals surface area contributed by atoms with E-state index in [2.05, 4.69) is 23.2 Å². The third-order valence-electron chi connectivity index (χ3n) is 0.976. The van der Waals surface area contributed by atoms with Crippen molar-refractivity contribution in [1.82, 2.24) is 0 Å². The number of carbonyl (C=O) groups excluding carboxylic acids is 6. The van der Waals surface area contributed by atoms with Crippen LogP contribution in [0.4, 0.5) is 0 Å². The van der Waals surface area contributed by atoms with Crippen molar-refractivity contribution in [2.75, 3.05) is 0 Å². The zero-order valence-corrected chi connectivity index (χ0v) is 7.72. The van der Waals surface area contributed by atoms with Crippen molar-refractivity contribution in [2.24, 2.45) is 0 Å². The second-order valence-electron chi connectivity index (χ2n) is 1.86. The molecule has 0 aromatic carbocycles. The first-order chi connectivity index (χ1) is 6.29. The Hall–Kier alpha value is -1.40. The van der Waals surface area contributed by atoms with Gasteiger partial charge in [0.1, 0.15) is 0 Å². The molecule has 0 aliphatic heterocycles. The van der Waals surface area contributed by atoms with Crippen LogP contribution in [-0.4, -0.2) is 33.6 Å². The van der Waals surface area contributed by atoms with Crippen LogP contribution in [0.15, 0.2) is 0 Å². The molecule has 14 heavy (non-hydrogen) atoms. The lowest BCUT2D eigenvalue weighted by Crippen LogP contribution is -2.35. The second kappa shape index (κ2) is 4.73. The SMILES string of the molecule is O=C(Cl)C(=O)C(=O)C(=O)C(=O)C(=O)Cl. The van der Waals surface area contributed by atoms with Crippen molar-refractivity contribution in [2.45, 2.75) is 0 Å². The van der Waals surface area contributed by atoms with Crippen molar-refractivity contribution < 1.29 is 28.8 Å². The van der Waals surface area contributed by atoms with Crippen LogP contribution >= 0.6 is 23.2 Å². The highest BCUT2D eigenvalue weighted by Crippen LogP contribution is 1.92. The molecule has 0 aromatic heterocycles. The monoisotopic (exact) mass is 238 g/mol. The number of hydrogen-bond acceptors (Lipinski definition) is 6. The number of rotatable bonds is 5. The molecule has 0 unspecified atom stereocenters. The van der Waals surface area contributed by atoms with E-state index in [1.165, 1.54) is 0 Å². The van der Waals surface area contributed by atoms with Gasteiger partial charge >= 0.3 is 0 Å². The maximum absolute atomic E-state index is 10.6. The van der Waals surface area contributed by atoms with Gasteiger partial charge in [0.2, 0.25) is 0 Å². The molecular formula is C6Cl2O6. The van der Waals surface area contributed by atoms with Crippen LogP contribution in [0.2, 0.25) is 0 Å². The molecule has 0 bridgehead atoms. The summed E-state index contributed by atoms with van der Waals surface area (Å²) in [6, 6.07) is 0. The Morgan fingerprint density at radius 2 is 0.714 bits per heavy atom. The maximum Gasteiger partial charge on any atom is 0.296 e. The molecule has 0 spiro atoms. The average Bonchev–Trinajstić information content (AvgIpc) is 2.12. The summed E-state index contributed by atoms with van der Waals surface area (Å²) in [7, 11) is 0. The highest BCUT2D eigenvalue weighted by Gasteiger charge is 2.34. The Labute approximate surface area is 86.1 Å². The molecule has 0 amide bonds. The molecule has 8 heteroatoms. The van der Waals surface area contributed by atoms with Crippen LogP contribution in [0.1, 0.15) is 0 Å². The maximum atomic E-state index is 10.6. The van der Waals surface area contributed by atoms with E-state index in [4.69, 9.17) is 0 Å². The van der Waals surface area contributed by atoms with Gasteiger partial charge in [-0.25, -0.2) is 0 Å². The molecule has 0 fully saturated rings. The molecule has 0 saturated carbocycles. The number of ketones is 4. The normalized spacial score (nSPS) is 9.00. The molecule has 0 rings (SSSR count). The first kappa shape index (κ1) is 12.6. The third-order valence-corrected chi connectivity index (χ3v) is 1.32. The number of carbonyl (C=O) groups is 6. The molecule has 0 atom stereocenters. The van der Waals surface area contributed by atoms with E-state index in [0.29, 0.717) is 0 Å². The summed E-state index contributed by atoms with van der Waals surface area (Å²) >= 11 is 9.12. The molecule has 0 aliphatic carbocycles. The number of hydrogen-bond donors (Lipinski definition) is 0. The summed E-state index contributed by atoms with van der Waals surface area (Å²) in [5.74, 6) is -7.74. The molecule has 0 aromatic rings. The summed E-state index contributed by atoms with van der Waals surface area (Å²) in [4.78, 5) is 62.3. The summed E-state index contributed by atoms with van der Waals surface area (Å²) in [5, 5.41) is -3.45. The molecule has 0 heterocycles. The Morgan fingerprint density at radius 3 is 0.857 bits per heavy atom. The Bertz CT molecular complexity index is 333. The van der Waals surface area contributed by atoms with Crippen molar-refractivity contribution in [3.8, 4) is 0 Å². The zero-order valence-electron chi connectivity index (χ0n) is 6.21. The van der Waals surface area contributed by atoms with Crippen LogP contribution in [0.3, 0.4) is 0 Å². The highest BCUT2D eigenvalue weighted by atomic mass is 35.5. The van der Waals surface area contributed by atoms with E-state index in [9.17, 15) is 28.8 Å². The van der Waals surface area contributed by atoms with Crippen molar-refractivity contribution in [3.05, 3.63) is 0 Å². The minimum atomic E-state index is -1.98. The summed E-state index contributed by atoms with van der Waals surface area (Å²) in [5.41, 5.74) is 0. The van der Waals surface area contributed by atoms with Crippen LogP contribution in [0.5, 0.6) is 0 Å². The van der Waals surface area contributed by atoms with Gasteiger partial charge in [-0.15, -0.1) is 0 Å². The van der Waals surface area contributed by atoms with Crippen molar-refractivity contribution in [3.63, 3.8) is 0 Å². The van der Waals surface area contributed by atoms with Crippen molar-refractivity contribution >= 4 is 56.8 Å². The third kappa shape index (κ3) is 2.82. The summed E-state index contributed by atoms with van der Waals surface area (Å²) in [6.45, 7) is 0. The topological polar surface area (TPSA) is 102 Å². The van der Waals surface area contributed by atoms with E-state index in [-0.39, 0.29) is 0 Å². The zero-order chi connectivity index (χ0) is 11.5. The molecule has 0 aliphatic rings. The highest BCUT2D eigenvalue weighted by molar-refractivity contribution is 7.04. The quantitative estimate of drug-likeness (QED) is 0.339. The van der Waals surface area contributed by atoms with Gasteiger partial charge in [-0.3, -0.25) is 28.8 Å². The van der Waals surface area contributed by atoms with E-state index in [1.807, 2.05) is 0 Å². The van der Waals surface area contributed by atoms with Gasteiger partial charge < -0.3 is 0 Å². The lowest BCUT2D eigenvalue weighted by molar-refractivity contribution is -0.150. The largest absolute Gasteiger partial charge is 0.296 e. The summed E-state index contributed by atoms with van der Waals surface area (Å²) in [6.07, 6.45) is 0. The first-order valence-corrected chi connectivity index (χ1v) is 3.61. The lowest BCUT2D eigenvalue weighted by atomic mass is 10.1. The van der Waals surface area contributed by atoms with E-state index >= 15 is 0 Å². The van der Waals surface area contributed by atoms with Crippen LogP contribution in [0, 0.1) is 0 Å². The number of halogens is 2. The summed E-state index contributed by atoms with van der Waals surface area (Å²) < 4.78 is 0. The molecule has 0 N–H and O–H groups in total. The Morgan fingerprint density at radius 1 is 0.500 bits per heavy atom. The molecule has 0 saturated heterocycles. The van der Waals surface area contributed by atoms with Crippen molar-refractivity contribution in [1.29, 1.82) is 0 Å². The van der Waals surface area contributed by atoms with E-state index in [1.54, 1.807) is 0 Å². The Balaban J connectivity index is 4.82. The van der Waals surface area contributed by atoms with Gasteiger partial charge in [-0.2, -0.15) is 0 Å².